The lowest BCUT2D eigenvalue weighted by Crippen LogP contribution is -2.07. The summed E-state index contributed by atoms with van der Waals surface area (Å²) >= 11 is 0. The average Bonchev–Trinajstić information content (AvgIpc) is 2.46. The number of rotatable bonds is 0. The summed E-state index contributed by atoms with van der Waals surface area (Å²) in [5, 5.41) is 2.91. The number of hydrogen-bond acceptors (Lipinski definition) is 0. The average molecular weight is 260 g/mol. The maximum Gasteiger partial charge on any atom is -0.0116 e. The fraction of sp³-hybridized carbons (Fsp3) is 0.300. The van der Waals surface area contributed by atoms with E-state index >= 15 is 0 Å². The van der Waals surface area contributed by atoms with Crippen molar-refractivity contribution < 1.29 is 0 Å². The highest BCUT2D eigenvalue weighted by Crippen LogP contribution is 2.40. The Morgan fingerprint density at radius 2 is 1.85 bits per heavy atom. The Morgan fingerprint density at radius 1 is 0.950 bits per heavy atom. The van der Waals surface area contributed by atoms with Gasteiger partial charge in [0.1, 0.15) is 0 Å². The molecule has 0 unspecified atom stereocenters. The molecule has 0 saturated heterocycles. The van der Waals surface area contributed by atoms with Crippen molar-refractivity contribution in [1.29, 1.82) is 0 Å². The minimum atomic E-state index is 1.21. The summed E-state index contributed by atoms with van der Waals surface area (Å²) in [5.41, 5.74) is 9.04. The molecule has 0 fully saturated rings. The lowest BCUT2D eigenvalue weighted by Gasteiger charge is -2.26. The Morgan fingerprint density at radius 3 is 2.75 bits per heavy atom. The van der Waals surface area contributed by atoms with Crippen LogP contribution in [0.4, 0.5) is 0 Å². The second-order valence-corrected chi connectivity index (χ2v) is 6.23. The molecule has 0 heteroatoms. The van der Waals surface area contributed by atoms with E-state index in [-0.39, 0.29) is 0 Å². The van der Waals surface area contributed by atoms with Gasteiger partial charge >= 0.3 is 0 Å². The first-order chi connectivity index (χ1) is 9.74. The van der Waals surface area contributed by atoms with Crippen molar-refractivity contribution in [2.24, 2.45) is 0 Å². The number of aryl methyl sites for hydroxylation is 3. The number of hydrogen-bond donors (Lipinski definition) is 0. The monoisotopic (exact) mass is 260 g/mol. The smallest absolute Gasteiger partial charge is 0.0116 e. The van der Waals surface area contributed by atoms with E-state index in [1.807, 2.05) is 0 Å². The van der Waals surface area contributed by atoms with E-state index in [1.54, 1.807) is 11.1 Å². The predicted molar refractivity (Wildman–Crippen MR) is 87.0 cm³/mol. The molecule has 0 spiro atoms. The van der Waals surface area contributed by atoms with Crippen LogP contribution in [0.15, 0.2) is 42.0 Å². The van der Waals surface area contributed by atoms with E-state index < -0.39 is 0 Å². The molecule has 2 aliphatic carbocycles. The highest BCUT2D eigenvalue weighted by Gasteiger charge is 2.21. The van der Waals surface area contributed by atoms with Gasteiger partial charge in [0.15, 0.2) is 0 Å². The molecule has 2 aliphatic rings. The Hall–Kier alpha value is -1.82. The predicted octanol–water partition coefficient (Wildman–Crippen LogP) is 5.51. The van der Waals surface area contributed by atoms with Gasteiger partial charge in [0.25, 0.3) is 0 Å². The molecule has 0 bridgehead atoms. The molecule has 0 N–H and O–H groups in total. The molecule has 20 heavy (non-hydrogen) atoms. The van der Waals surface area contributed by atoms with E-state index in [0.717, 1.165) is 0 Å². The van der Waals surface area contributed by atoms with Crippen LogP contribution in [-0.4, -0.2) is 0 Å². The van der Waals surface area contributed by atoms with E-state index in [0.29, 0.717) is 0 Å². The van der Waals surface area contributed by atoms with Gasteiger partial charge in [0.05, 0.1) is 0 Å². The van der Waals surface area contributed by atoms with Gasteiger partial charge in [-0.1, -0.05) is 47.6 Å². The third-order valence-electron chi connectivity index (χ3n) is 4.81. The van der Waals surface area contributed by atoms with Crippen LogP contribution in [0.3, 0.4) is 0 Å². The molecule has 100 valence electrons. The lowest BCUT2D eigenvalue weighted by atomic mass is 9.79. The molecular formula is C20H20. The summed E-state index contributed by atoms with van der Waals surface area (Å²) in [7, 11) is 0. The highest BCUT2D eigenvalue weighted by molar-refractivity contribution is 5.96. The maximum absolute atomic E-state index is 2.35. The molecule has 2 aromatic carbocycles. The molecule has 0 amide bonds. The van der Waals surface area contributed by atoms with E-state index in [4.69, 9.17) is 0 Å². The van der Waals surface area contributed by atoms with Gasteiger partial charge in [-0.15, -0.1) is 0 Å². The Labute approximate surface area is 120 Å². The summed E-state index contributed by atoms with van der Waals surface area (Å²) in [6.07, 6.45) is 9.63. The summed E-state index contributed by atoms with van der Waals surface area (Å²) in [6, 6.07) is 9.31. The molecule has 4 rings (SSSR count). The highest BCUT2D eigenvalue weighted by atomic mass is 14.2. The van der Waals surface area contributed by atoms with E-state index in [9.17, 15) is 0 Å². The first-order valence-electron chi connectivity index (χ1n) is 7.66. The standard InChI is InChI=1S/C20H20/c1-13-11-14(2)20-16(12-13)8-9-18-17-6-4-3-5-15(17)7-10-19(18)20/h4,6,8-9,11-12H,3,5,7,10H2,1-2H3. The normalized spacial score (nSPS) is 17.3. The van der Waals surface area contributed by atoms with Crippen molar-refractivity contribution in [3.05, 3.63) is 64.2 Å². The fourth-order valence-electron chi connectivity index (χ4n) is 3.99. The van der Waals surface area contributed by atoms with Crippen LogP contribution in [0.5, 0.6) is 0 Å². The summed E-state index contributed by atoms with van der Waals surface area (Å²) in [6.45, 7) is 4.45. The molecule has 0 aliphatic heterocycles. The second-order valence-electron chi connectivity index (χ2n) is 6.23. The van der Waals surface area contributed by atoms with Crippen LogP contribution in [0, 0.1) is 13.8 Å². The zero-order valence-corrected chi connectivity index (χ0v) is 12.3. The van der Waals surface area contributed by atoms with Crippen LogP contribution in [-0.2, 0) is 6.42 Å². The molecule has 0 heterocycles. The Kier molecular flexibility index (Phi) is 2.60. The lowest BCUT2D eigenvalue weighted by molar-refractivity contribution is 0.831. The third-order valence-corrected chi connectivity index (χ3v) is 4.81. The molecule has 0 radical (unpaired) electrons. The third kappa shape index (κ3) is 1.67. The van der Waals surface area contributed by atoms with Crippen molar-refractivity contribution in [3.8, 4) is 0 Å². The largest absolute Gasteiger partial charge is 0.0836 e. The van der Waals surface area contributed by atoms with Crippen LogP contribution in [0.2, 0.25) is 0 Å². The maximum atomic E-state index is 2.35. The molecule has 0 saturated carbocycles. The van der Waals surface area contributed by atoms with Crippen LogP contribution < -0.4 is 0 Å². The van der Waals surface area contributed by atoms with Crippen LogP contribution >= 0.6 is 0 Å². The first-order valence-corrected chi connectivity index (χ1v) is 7.66. The molecular weight excluding hydrogens is 240 g/mol. The molecule has 2 aromatic rings. The van der Waals surface area contributed by atoms with Gasteiger partial charge in [0, 0.05) is 0 Å². The van der Waals surface area contributed by atoms with Crippen molar-refractivity contribution >= 4 is 16.3 Å². The summed E-state index contributed by atoms with van der Waals surface area (Å²) < 4.78 is 0. The molecule has 0 aromatic heterocycles. The van der Waals surface area contributed by atoms with Gasteiger partial charge in [-0.3, -0.25) is 0 Å². The van der Waals surface area contributed by atoms with Crippen LogP contribution in [0.1, 0.15) is 41.5 Å². The fourth-order valence-corrected chi connectivity index (χ4v) is 3.99. The SMILES string of the molecule is Cc1cc(C)c2c3c(ccc2c1)C1=C(CCC=C1)CC3. The van der Waals surface area contributed by atoms with Gasteiger partial charge in [-0.2, -0.15) is 0 Å². The van der Waals surface area contributed by atoms with E-state index in [2.05, 4.69) is 50.3 Å². The topological polar surface area (TPSA) is 0 Å². The van der Waals surface area contributed by atoms with Crippen molar-refractivity contribution in [3.63, 3.8) is 0 Å². The Bertz CT molecular complexity index is 772. The van der Waals surface area contributed by atoms with Crippen molar-refractivity contribution in [1.82, 2.24) is 0 Å². The van der Waals surface area contributed by atoms with Gasteiger partial charge in [0.2, 0.25) is 0 Å². The first kappa shape index (κ1) is 12.0. The molecule has 0 atom stereocenters. The zero-order chi connectivity index (χ0) is 13.7. The second kappa shape index (κ2) is 4.34. The number of fused-ring (bicyclic) bond motifs is 4. The van der Waals surface area contributed by atoms with Crippen molar-refractivity contribution in [2.75, 3.05) is 0 Å². The van der Waals surface area contributed by atoms with Crippen molar-refractivity contribution in [2.45, 2.75) is 39.5 Å². The number of benzene rings is 2. The van der Waals surface area contributed by atoms with Gasteiger partial charge in [-0.25, -0.2) is 0 Å². The molecule has 0 nitrogen and oxygen atoms in total. The van der Waals surface area contributed by atoms with Gasteiger partial charge < -0.3 is 0 Å². The summed E-state index contributed by atoms with van der Waals surface area (Å²) in [5.74, 6) is 0. The van der Waals surface area contributed by atoms with Crippen LogP contribution in [0.25, 0.3) is 16.3 Å². The number of allylic oxidation sites excluding steroid dienone is 4. The minimum Gasteiger partial charge on any atom is -0.0836 e. The Balaban J connectivity index is 2.05. The summed E-state index contributed by atoms with van der Waals surface area (Å²) in [4.78, 5) is 0. The minimum absolute atomic E-state index is 1.21. The van der Waals surface area contributed by atoms with Gasteiger partial charge in [-0.05, 0) is 72.6 Å². The quantitative estimate of drug-likeness (QED) is 0.586. The van der Waals surface area contributed by atoms with E-state index in [1.165, 1.54) is 58.7 Å². The zero-order valence-electron chi connectivity index (χ0n) is 12.3.